The Morgan fingerprint density at radius 3 is 2.59 bits per heavy atom. The van der Waals surface area contributed by atoms with E-state index in [-0.39, 0.29) is 23.8 Å². The number of nitrogens with zero attached hydrogens (tertiary/aromatic N) is 2. The van der Waals surface area contributed by atoms with Crippen LogP contribution in [0, 0.1) is 11.8 Å². The zero-order valence-corrected chi connectivity index (χ0v) is 16.2. The van der Waals surface area contributed by atoms with E-state index in [2.05, 4.69) is 10.2 Å². The largest absolute Gasteiger partial charge is 0.323 e. The highest BCUT2D eigenvalue weighted by Crippen LogP contribution is 2.61. The fraction of sp³-hybridized carbons (Fsp3) is 0.318. The first-order valence-corrected chi connectivity index (χ1v) is 10.2. The van der Waals surface area contributed by atoms with Crippen LogP contribution in [-0.2, 0) is 19.9 Å². The van der Waals surface area contributed by atoms with E-state index in [1.54, 1.807) is 36.4 Å². The molecule has 0 aromatic heterocycles. The number of hydrogen-bond donors (Lipinski definition) is 1. The lowest BCUT2D eigenvalue weighted by Crippen LogP contribution is -2.54. The molecule has 4 heterocycles. The van der Waals surface area contributed by atoms with Gasteiger partial charge in [-0.1, -0.05) is 41.9 Å². The molecule has 2 aromatic carbocycles. The van der Waals surface area contributed by atoms with Crippen molar-refractivity contribution in [1.82, 2.24) is 4.90 Å². The van der Waals surface area contributed by atoms with Crippen molar-refractivity contribution in [2.45, 2.75) is 24.4 Å². The van der Waals surface area contributed by atoms with E-state index >= 15 is 0 Å². The van der Waals surface area contributed by atoms with Crippen LogP contribution >= 0.6 is 11.6 Å². The van der Waals surface area contributed by atoms with Gasteiger partial charge in [-0.15, -0.1) is 0 Å². The summed E-state index contributed by atoms with van der Waals surface area (Å²) in [7, 11) is 0. The molecule has 29 heavy (non-hydrogen) atoms. The predicted molar refractivity (Wildman–Crippen MR) is 107 cm³/mol. The van der Waals surface area contributed by atoms with Gasteiger partial charge in [0.2, 0.25) is 11.8 Å². The fourth-order valence-electron chi connectivity index (χ4n) is 6.03. The van der Waals surface area contributed by atoms with E-state index < -0.39 is 17.4 Å². The maximum Gasteiger partial charge on any atom is 0.250 e. The summed E-state index contributed by atoms with van der Waals surface area (Å²) in [5.74, 6) is -2.04. The van der Waals surface area contributed by atoms with Gasteiger partial charge in [0.1, 0.15) is 5.54 Å². The molecule has 1 spiro atoms. The zero-order chi connectivity index (χ0) is 19.9. The van der Waals surface area contributed by atoms with E-state index in [1.807, 2.05) is 12.1 Å². The minimum atomic E-state index is -1.18. The lowest BCUT2D eigenvalue weighted by atomic mass is 9.75. The van der Waals surface area contributed by atoms with Crippen LogP contribution in [0.5, 0.6) is 0 Å². The van der Waals surface area contributed by atoms with Crippen molar-refractivity contribution in [2.75, 3.05) is 16.8 Å². The van der Waals surface area contributed by atoms with Crippen LogP contribution in [0.15, 0.2) is 48.5 Å². The van der Waals surface area contributed by atoms with Gasteiger partial charge < -0.3 is 5.32 Å². The van der Waals surface area contributed by atoms with Gasteiger partial charge in [0, 0.05) is 11.6 Å². The third kappa shape index (κ3) is 1.89. The number of halogens is 1. The molecular formula is C22H18ClN3O3. The predicted octanol–water partition coefficient (Wildman–Crippen LogP) is 2.77. The zero-order valence-electron chi connectivity index (χ0n) is 15.5. The third-order valence-electron chi connectivity index (χ3n) is 6.99. The van der Waals surface area contributed by atoms with Crippen molar-refractivity contribution in [3.05, 3.63) is 59.1 Å². The molecule has 4 aliphatic heterocycles. The summed E-state index contributed by atoms with van der Waals surface area (Å²) in [6.07, 6.45) is 1.69. The van der Waals surface area contributed by atoms with Crippen molar-refractivity contribution in [3.8, 4) is 0 Å². The van der Waals surface area contributed by atoms with Crippen LogP contribution in [0.2, 0.25) is 5.02 Å². The molecule has 146 valence electrons. The van der Waals surface area contributed by atoms with Crippen molar-refractivity contribution in [1.29, 1.82) is 0 Å². The highest BCUT2D eigenvalue weighted by Gasteiger charge is 2.74. The third-order valence-corrected chi connectivity index (χ3v) is 7.31. The smallest absolute Gasteiger partial charge is 0.250 e. The number of para-hydroxylation sites is 2. The number of fused-ring (bicyclic) bond motifs is 7. The molecule has 4 atom stereocenters. The Morgan fingerprint density at radius 1 is 1.00 bits per heavy atom. The molecule has 1 N–H and O–H groups in total. The number of carbonyl (C=O) groups is 3. The molecule has 3 fully saturated rings. The van der Waals surface area contributed by atoms with Crippen molar-refractivity contribution in [2.24, 2.45) is 11.8 Å². The maximum atomic E-state index is 13.7. The first-order chi connectivity index (χ1) is 14.1. The number of anilines is 2. The molecular weight excluding hydrogens is 390 g/mol. The van der Waals surface area contributed by atoms with Crippen molar-refractivity contribution in [3.63, 3.8) is 0 Å². The van der Waals surface area contributed by atoms with E-state index in [1.165, 1.54) is 4.90 Å². The molecule has 2 aromatic rings. The summed E-state index contributed by atoms with van der Waals surface area (Å²) in [4.78, 5) is 44.1. The molecule has 0 radical (unpaired) electrons. The number of imide groups is 1. The first kappa shape index (κ1) is 17.2. The molecule has 3 amide bonds. The Balaban J connectivity index is 1.58. The van der Waals surface area contributed by atoms with Gasteiger partial charge in [0.15, 0.2) is 0 Å². The van der Waals surface area contributed by atoms with Crippen LogP contribution in [-0.4, -0.2) is 35.2 Å². The SMILES string of the molecule is O=C1[C@H]2[C@H]3CCCN3[C@@]3(C(=O)Nc4c(Cl)cccc43)[C@H]2C(=O)N1c1ccccc1. The molecule has 6 rings (SSSR count). The minimum Gasteiger partial charge on any atom is -0.323 e. The minimum absolute atomic E-state index is 0.124. The molecule has 0 aliphatic carbocycles. The Labute approximate surface area is 172 Å². The lowest BCUT2D eigenvalue weighted by molar-refractivity contribution is -0.135. The Kier molecular flexibility index (Phi) is 3.36. The fourth-order valence-corrected chi connectivity index (χ4v) is 6.25. The number of nitrogens with one attached hydrogen (secondary N) is 1. The standard InChI is InChI=1S/C22H18ClN3O3/c23-14-9-4-8-13-18(14)24-21(29)22(13)17-16(15-10-5-11-25(15)22)19(27)26(20(17)28)12-6-2-1-3-7-12/h1-4,6-9,15-17H,5,10-11H2,(H,24,29)/t15-,16+,17-,22-/m1/s1. The quantitative estimate of drug-likeness (QED) is 0.738. The van der Waals surface area contributed by atoms with E-state index in [0.717, 1.165) is 12.8 Å². The monoisotopic (exact) mass is 407 g/mol. The van der Waals surface area contributed by atoms with E-state index in [0.29, 0.717) is 28.5 Å². The summed E-state index contributed by atoms with van der Waals surface area (Å²) < 4.78 is 0. The van der Waals surface area contributed by atoms with Gasteiger partial charge in [0.25, 0.3) is 5.91 Å². The van der Waals surface area contributed by atoms with E-state index in [4.69, 9.17) is 11.6 Å². The summed E-state index contributed by atoms with van der Waals surface area (Å²) in [5.41, 5.74) is 0.651. The number of rotatable bonds is 1. The normalized spacial score (nSPS) is 32.7. The van der Waals surface area contributed by atoms with Crippen molar-refractivity contribution >= 4 is 40.7 Å². The summed E-state index contributed by atoms with van der Waals surface area (Å²) in [5, 5.41) is 3.37. The topological polar surface area (TPSA) is 69.7 Å². The molecule has 3 saturated heterocycles. The summed E-state index contributed by atoms with van der Waals surface area (Å²) >= 11 is 6.38. The van der Waals surface area contributed by atoms with Gasteiger partial charge in [-0.3, -0.25) is 19.3 Å². The highest BCUT2D eigenvalue weighted by molar-refractivity contribution is 6.35. The van der Waals surface area contributed by atoms with Gasteiger partial charge in [-0.2, -0.15) is 0 Å². The second-order valence-corrected chi connectivity index (χ2v) is 8.54. The molecule has 7 heteroatoms. The van der Waals surface area contributed by atoms with Gasteiger partial charge >= 0.3 is 0 Å². The first-order valence-electron chi connectivity index (χ1n) is 9.87. The molecule has 6 nitrogen and oxygen atoms in total. The molecule has 0 unspecified atom stereocenters. The van der Waals surface area contributed by atoms with Crippen LogP contribution in [0.1, 0.15) is 18.4 Å². The Morgan fingerprint density at radius 2 is 1.79 bits per heavy atom. The maximum absolute atomic E-state index is 13.7. The average molecular weight is 408 g/mol. The highest BCUT2D eigenvalue weighted by atomic mass is 35.5. The molecule has 4 aliphatic rings. The number of carbonyl (C=O) groups excluding carboxylic acids is 3. The second-order valence-electron chi connectivity index (χ2n) is 8.14. The van der Waals surface area contributed by atoms with Crippen LogP contribution in [0.25, 0.3) is 0 Å². The summed E-state index contributed by atoms with van der Waals surface area (Å²) in [6, 6.07) is 14.2. The summed E-state index contributed by atoms with van der Waals surface area (Å²) in [6.45, 7) is 0.683. The molecule has 0 bridgehead atoms. The average Bonchev–Trinajstić information content (AvgIpc) is 3.42. The van der Waals surface area contributed by atoms with Crippen LogP contribution in [0.4, 0.5) is 11.4 Å². The van der Waals surface area contributed by atoms with Crippen molar-refractivity contribution < 1.29 is 14.4 Å². The van der Waals surface area contributed by atoms with Crippen LogP contribution in [0.3, 0.4) is 0 Å². The van der Waals surface area contributed by atoms with Crippen LogP contribution < -0.4 is 10.2 Å². The van der Waals surface area contributed by atoms with E-state index in [9.17, 15) is 14.4 Å². The number of benzene rings is 2. The number of amides is 3. The second kappa shape index (κ2) is 5.68. The van der Waals surface area contributed by atoms with Gasteiger partial charge in [-0.05, 0) is 37.6 Å². The Bertz CT molecular complexity index is 1090. The molecule has 0 saturated carbocycles. The number of hydrogen-bond acceptors (Lipinski definition) is 4. The Hall–Kier alpha value is -2.70. The lowest BCUT2D eigenvalue weighted by Gasteiger charge is -2.36. The van der Waals surface area contributed by atoms with Gasteiger partial charge in [0.05, 0.1) is 28.2 Å². The van der Waals surface area contributed by atoms with Gasteiger partial charge in [-0.25, -0.2) is 4.90 Å².